The molecule has 0 bridgehead atoms. The number of hydrogen-bond donors (Lipinski definition) is 0. The number of thioether (sulfide) groups is 1. The second kappa shape index (κ2) is 5.89. The van der Waals surface area contributed by atoms with Crippen molar-refractivity contribution in [3.63, 3.8) is 0 Å². The molecule has 6 heteroatoms. The van der Waals surface area contributed by atoms with Gasteiger partial charge in [-0.2, -0.15) is 4.98 Å². The van der Waals surface area contributed by atoms with Crippen LogP contribution >= 0.6 is 11.8 Å². The van der Waals surface area contributed by atoms with Crippen molar-refractivity contribution in [1.82, 2.24) is 19.7 Å². The van der Waals surface area contributed by atoms with Crippen molar-refractivity contribution in [2.75, 3.05) is 0 Å². The number of hydrogen-bond acceptors (Lipinski definition) is 5. The number of fused-ring (bicyclic) bond motifs is 1. The fourth-order valence-electron chi connectivity index (χ4n) is 2.23. The van der Waals surface area contributed by atoms with E-state index in [-0.39, 0.29) is 0 Å². The average molecular weight is 302 g/mol. The molecule has 3 rings (SSSR count). The predicted octanol–water partition coefficient (Wildman–Crippen LogP) is 3.68. The van der Waals surface area contributed by atoms with Crippen LogP contribution in [-0.2, 0) is 12.3 Å². The maximum absolute atomic E-state index is 5.16. The lowest BCUT2D eigenvalue weighted by Crippen LogP contribution is -2.05. The number of aromatic nitrogens is 4. The average Bonchev–Trinajstić information content (AvgIpc) is 3.01. The van der Waals surface area contributed by atoms with Crippen LogP contribution in [0.4, 0.5) is 0 Å². The van der Waals surface area contributed by atoms with Crippen molar-refractivity contribution < 1.29 is 4.52 Å². The lowest BCUT2D eigenvalue weighted by Gasteiger charge is -2.10. The van der Waals surface area contributed by atoms with Crippen LogP contribution < -0.4 is 0 Å². The number of nitrogens with zero attached hydrogens (tertiary/aromatic N) is 4. The van der Waals surface area contributed by atoms with E-state index in [2.05, 4.69) is 40.7 Å². The fourth-order valence-corrected chi connectivity index (χ4v) is 3.09. The van der Waals surface area contributed by atoms with Gasteiger partial charge in [0.25, 0.3) is 0 Å². The zero-order valence-electron chi connectivity index (χ0n) is 12.4. The third-order valence-electron chi connectivity index (χ3n) is 3.06. The SMILES string of the molecule is Cc1noc(CSc2nc3ccccc3n2CC(C)C)n1. The molecule has 5 nitrogen and oxygen atoms in total. The Morgan fingerprint density at radius 2 is 2.05 bits per heavy atom. The third kappa shape index (κ3) is 3.10. The zero-order valence-corrected chi connectivity index (χ0v) is 13.2. The molecule has 1 aromatic carbocycles. The van der Waals surface area contributed by atoms with Gasteiger partial charge >= 0.3 is 0 Å². The van der Waals surface area contributed by atoms with Crippen LogP contribution in [0.15, 0.2) is 33.9 Å². The molecular formula is C15H18N4OS. The molecule has 0 amide bonds. The molecule has 0 aliphatic rings. The van der Waals surface area contributed by atoms with E-state index in [1.165, 1.54) is 5.52 Å². The van der Waals surface area contributed by atoms with E-state index in [4.69, 9.17) is 9.51 Å². The summed E-state index contributed by atoms with van der Waals surface area (Å²) in [6.07, 6.45) is 0. The van der Waals surface area contributed by atoms with E-state index >= 15 is 0 Å². The second-order valence-corrected chi connectivity index (χ2v) is 6.35. The number of rotatable bonds is 5. The summed E-state index contributed by atoms with van der Waals surface area (Å²) in [7, 11) is 0. The van der Waals surface area contributed by atoms with E-state index in [1.54, 1.807) is 11.8 Å². The molecule has 0 atom stereocenters. The van der Waals surface area contributed by atoms with E-state index in [0.717, 1.165) is 17.2 Å². The molecule has 2 heterocycles. The standard InChI is InChI=1S/C15H18N4OS/c1-10(2)8-19-13-7-5-4-6-12(13)17-15(19)21-9-14-16-11(3)18-20-14/h4-7,10H,8-9H2,1-3H3. The first-order valence-corrected chi connectivity index (χ1v) is 7.99. The molecule has 0 aliphatic carbocycles. The quantitative estimate of drug-likeness (QED) is 0.673. The molecule has 0 radical (unpaired) electrons. The first-order chi connectivity index (χ1) is 10.1. The Morgan fingerprint density at radius 3 is 2.76 bits per heavy atom. The van der Waals surface area contributed by atoms with Crippen molar-refractivity contribution in [2.24, 2.45) is 5.92 Å². The van der Waals surface area contributed by atoms with Gasteiger partial charge in [-0.1, -0.05) is 42.9 Å². The highest BCUT2D eigenvalue weighted by molar-refractivity contribution is 7.98. The topological polar surface area (TPSA) is 56.7 Å². The summed E-state index contributed by atoms with van der Waals surface area (Å²) in [5.41, 5.74) is 2.21. The summed E-state index contributed by atoms with van der Waals surface area (Å²) >= 11 is 1.64. The van der Waals surface area contributed by atoms with Crippen LogP contribution in [0.2, 0.25) is 0 Å². The van der Waals surface area contributed by atoms with Crippen molar-refractivity contribution >= 4 is 22.8 Å². The maximum atomic E-state index is 5.16. The minimum absolute atomic E-state index is 0.563. The highest BCUT2D eigenvalue weighted by atomic mass is 32.2. The molecule has 0 aliphatic heterocycles. The molecular weight excluding hydrogens is 284 g/mol. The van der Waals surface area contributed by atoms with Crippen LogP contribution in [0, 0.1) is 12.8 Å². The minimum atomic E-state index is 0.563. The van der Waals surface area contributed by atoms with Gasteiger partial charge in [0.2, 0.25) is 5.89 Å². The van der Waals surface area contributed by atoms with E-state index < -0.39 is 0 Å². The van der Waals surface area contributed by atoms with Gasteiger partial charge in [0.15, 0.2) is 11.0 Å². The Hall–Kier alpha value is -1.82. The van der Waals surface area contributed by atoms with Crippen LogP contribution in [0.25, 0.3) is 11.0 Å². The van der Waals surface area contributed by atoms with Crippen LogP contribution in [-0.4, -0.2) is 19.7 Å². The van der Waals surface area contributed by atoms with Gasteiger partial charge < -0.3 is 9.09 Å². The van der Waals surface area contributed by atoms with Gasteiger partial charge in [0, 0.05) is 6.54 Å². The molecule has 0 spiro atoms. The van der Waals surface area contributed by atoms with Crippen molar-refractivity contribution in [3.05, 3.63) is 36.0 Å². The first kappa shape index (κ1) is 14.1. The number of aryl methyl sites for hydroxylation is 1. The number of benzene rings is 1. The Bertz CT molecular complexity index is 747. The Kier molecular flexibility index (Phi) is 3.96. The third-order valence-corrected chi connectivity index (χ3v) is 4.02. The zero-order chi connectivity index (χ0) is 14.8. The Labute approximate surface area is 127 Å². The van der Waals surface area contributed by atoms with Crippen molar-refractivity contribution in [3.8, 4) is 0 Å². The van der Waals surface area contributed by atoms with Crippen LogP contribution in [0.1, 0.15) is 25.6 Å². The minimum Gasteiger partial charge on any atom is -0.338 e. The summed E-state index contributed by atoms with van der Waals surface area (Å²) in [4.78, 5) is 8.96. The summed E-state index contributed by atoms with van der Waals surface area (Å²) in [5, 5.41) is 4.82. The van der Waals surface area contributed by atoms with E-state index in [0.29, 0.717) is 23.4 Å². The molecule has 0 unspecified atom stereocenters. The summed E-state index contributed by atoms with van der Waals surface area (Å²) in [6, 6.07) is 8.24. The summed E-state index contributed by atoms with van der Waals surface area (Å²) < 4.78 is 7.43. The first-order valence-electron chi connectivity index (χ1n) is 7.00. The summed E-state index contributed by atoms with van der Waals surface area (Å²) in [5.74, 6) is 2.51. The molecule has 3 aromatic rings. The molecule has 110 valence electrons. The maximum Gasteiger partial charge on any atom is 0.237 e. The molecule has 0 fully saturated rings. The lowest BCUT2D eigenvalue weighted by atomic mass is 10.2. The molecule has 2 aromatic heterocycles. The van der Waals surface area contributed by atoms with Crippen LogP contribution in [0.3, 0.4) is 0 Å². The highest BCUT2D eigenvalue weighted by Gasteiger charge is 2.13. The Morgan fingerprint density at radius 1 is 1.24 bits per heavy atom. The van der Waals surface area contributed by atoms with Crippen molar-refractivity contribution in [2.45, 2.75) is 38.2 Å². The van der Waals surface area contributed by atoms with E-state index in [9.17, 15) is 0 Å². The second-order valence-electron chi connectivity index (χ2n) is 5.41. The normalized spacial score (nSPS) is 11.6. The predicted molar refractivity (Wildman–Crippen MR) is 83.2 cm³/mol. The van der Waals surface area contributed by atoms with Gasteiger partial charge in [-0.15, -0.1) is 0 Å². The molecule has 21 heavy (non-hydrogen) atoms. The van der Waals surface area contributed by atoms with Gasteiger partial charge in [-0.25, -0.2) is 4.98 Å². The fraction of sp³-hybridized carbons (Fsp3) is 0.400. The highest BCUT2D eigenvalue weighted by Crippen LogP contribution is 2.27. The molecule has 0 saturated carbocycles. The number of para-hydroxylation sites is 2. The van der Waals surface area contributed by atoms with Crippen molar-refractivity contribution in [1.29, 1.82) is 0 Å². The molecule has 0 N–H and O–H groups in total. The Balaban J connectivity index is 1.89. The van der Waals surface area contributed by atoms with Gasteiger partial charge in [-0.3, -0.25) is 0 Å². The summed E-state index contributed by atoms with van der Waals surface area (Å²) in [6.45, 7) is 7.20. The van der Waals surface area contributed by atoms with Crippen LogP contribution in [0.5, 0.6) is 0 Å². The lowest BCUT2D eigenvalue weighted by molar-refractivity contribution is 0.387. The smallest absolute Gasteiger partial charge is 0.237 e. The van der Waals surface area contributed by atoms with E-state index in [1.807, 2.05) is 19.1 Å². The number of imidazole rings is 1. The monoisotopic (exact) mass is 302 g/mol. The van der Waals surface area contributed by atoms with Gasteiger partial charge in [0.1, 0.15) is 0 Å². The molecule has 0 saturated heterocycles. The largest absolute Gasteiger partial charge is 0.338 e. The van der Waals surface area contributed by atoms with Gasteiger partial charge in [-0.05, 0) is 25.0 Å². The van der Waals surface area contributed by atoms with Gasteiger partial charge in [0.05, 0.1) is 16.8 Å².